The van der Waals surface area contributed by atoms with E-state index in [1.54, 1.807) is 20.8 Å². The van der Waals surface area contributed by atoms with Crippen molar-refractivity contribution in [1.82, 2.24) is 4.72 Å². The Bertz CT molecular complexity index is 381. The first kappa shape index (κ1) is 21.4. The highest BCUT2D eigenvalue weighted by molar-refractivity contribution is 7.84. The van der Waals surface area contributed by atoms with Gasteiger partial charge in [-0.2, -0.15) is 13.2 Å². The lowest BCUT2D eigenvalue weighted by atomic mass is 9.94. The van der Waals surface area contributed by atoms with Crippen molar-refractivity contribution < 1.29 is 26.9 Å². The molecule has 22 heavy (non-hydrogen) atoms. The summed E-state index contributed by atoms with van der Waals surface area (Å²) in [6, 6.07) is -2.18. The summed E-state index contributed by atoms with van der Waals surface area (Å²) in [5.41, 5.74) is 0. The lowest BCUT2D eigenvalue weighted by Gasteiger charge is -2.30. The minimum atomic E-state index is -4.69. The number of hydrogen-bond donors (Lipinski definition) is 1. The smallest absolute Gasteiger partial charge is 0.405 e. The van der Waals surface area contributed by atoms with Crippen molar-refractivity contribution in [3.63, 3.8) is 0 Å². The van der Waals surface area contributed by atoms with Gasteiger partial charge in [0.1, 0.15) is 6.04 Å². The van der Waals surface area contributed by atoms with E-state index in [9.17, 15) is 22.2 Å². The fourth-order valence-corrected chi connectivity index (χ4v) is 2.65. The van der Waals surface area contributed by atoms with Crippen LogP contribution in [0.5, 0.6) is 0 Å². The van der Waals surface area contributed by atoms with Crippen molar-refractivity contribution in [1.29, 1.82) is 0 Å². The van der Waals surface area contributed by atoms with E-state index in [0.717, 1.165) is 0 Å². The number of alkyl halides is 3. The van der Waals surface area contributed by atoms with Gasteiger partial charge in [0.25, 0.3) is 0 Å². The zero-order valence-electron chi connectivity index (χ0n) is 13.8. The zero-order valence-corrected chi connectivity index (χ0v) is 14.6. The van der Waals surface area contributed by atoms with Gasteiger partial charge in [0, 0.05) is 0 Å². The molecule has 0 aromatic heterocycles. The minimum absolute atomic E-state index is 0.00833. The molecule has 0 heterocycles. The summed E-state index contributed by atoms with van der Waals surface area (Å²) in [6.45, 7) is 8.07. The molecule has 0 aliphatic rings. The van der Waals surface area contributed by atoms with Crippen molar-refractivity contribution in [3.05, 3.63) is 0 Å². The normalized spacial score (nSPS) is 16.9. The van der Waals surface area contributed by atoms with Crippen LogP contribution in [0, 0.1) is 5.92 Å². The third-order valence-electron chi connectivity index (χ3n) is 3.00. The highest BCUT2D eigenvalue weighted by Gasteiger charge is 2.49. The van der Waals surface area contributed by atoms with Gasteiger partial charge in [-0.3, -0.25) is 4.79 Å². The van der Waals surface area contributed by atoms with Gasteiger partial charge < -0.3 is 4.74 Å². The third-order valence-corrected chi connectivity index (χ3v) is 4.58. The molecule has 0 aliphatic heterocycles. The summed E-state index contributed by atoms with van der Waals surface area (Å²) >= 11 is 0. The van der Waals surface area contributed by atoms with E-state index < -0.39 is 39.8 Å². The molecule has 0 aliphatic carbocycles. The first-order valence-electron chi connectivity index (χ1n) is 7.36. The highest BCUT2D eigenvalue weighted by Crippen LogP contribution is 2.30. The van der Waals surface area contributed by atoms with Crippen LogP contribution in [0.1, 0.15) is 53.9 Å². The van der Waals surface area contributed by atoms with E-state index in [2.05, 4.69) is 4.72 Å². The van der Waals surface area contributed by atoms with E-state index >= 15 is 0 Å². The van der Waals surface area contributed by atoms with Gasteiger partial charge in [-0.25, -0.2) is 8.93 Å². The monoisotopic (exact) mass is 345 g/mol. The summed E-state index contributed by atoms with van der Waals surface area (Å²) in [5.74, 6) is -2.30. The van der Waals surface area contributed by atoms with Gasteiger partial charge in [0.15, 0.2) is 0 Å². The molecule has 0 amide bonds. The number of hydrogen-bond acceptors (Lipinski definition) is 3. The maximum absolute atomic E-state index is 13.3. The molecule has 4 nitrogen and oxygen atoms in total. The maximum atomic E-state index is 13.3. The number of rotatable bonds is 8. The van der Waals surface area contributed by atoms with E-state index in [4.69, 9.17) is 4.74 Å². The second kappa shape index (κ2) is 8.86. The molecule has 0 spiro atoms. The van der Waals surface area contributed by atoms with Gasteiger partial charge in [-0.05, 0) is 34.1 Å². The molecular weight excluding hydrogens is 319 g/mol. The molecule has 0 aromatic carbocycles. The molecule has 0 radical (unpaired) electrons. The lowest BCUT2D eigenvalue weighted by Crippen LogP contribution is -2.53. The number of nitrogens with one attached hydrogen (secondary N) is 1. The van der Waals surface area contributed by atoms with Gasteiger partial charge in [-0.15, -0.1) is 0 Å². The highest BCUT2D eigenvalue weighted by atomic mass is 32.2. The molecule has 0 fully saturated rings. The zero-order chi connectivity index (χ0) is 17.6. The molecule has 0 bridgehead atoms. The lowest BCUT2D eigenvalue weighted by molar-refractivity contribution is -0.179. The second-order valence-corrected chi connectivity index (χ2v) is 8.02. The summed E-state index contributed by atoms with van der Waals surface area (Å²) < 4.78 is 58.0. The van der Waals surface area contributed by atoms with Crippen LogP contribution < -0.4 is 4.72 Å². The second-order valence-electron chi connectivity index (χ2n) is 6.02. The molecule has 0 rings (SSSR count). The molecule has 0 saturated heterocycles. The van der Waals surface area contributed by atoms with Crippen LogP contribution in [-0.2, 0) is 20.5 Å². The quantitative estimate of drug-likeness (QED) is 0.687. The molecular formula is C14H26F3NO3S. The first-order chi connectivity index (χ1) is 9.95. The van der Waals surface area contributed by atoms with Crippen molar-refractivity contribution in [2.45, 2.75) is 70.8 Å². The van der Waals surface area contributed by atoms with Crippen molar-refractivity contribution in [3.8, 4) is 0 Å². The molecule has 3 atom stereocenters. The number of carbonyl (C=O) groups excluding carboxylic acids is 1. The van der Waals surface area contributed by atoms with E-state index in [0.29, 0.717) is 12.8 Å². The number of carbonyl (C=O) groups is 1. The average Bonchev–Trinajstić information content (AvgIpc) is 2.35. The summed E-state index contributed by atoms with van der Waals surface area (Å²) in [7, 11) is -1.94. The standard InChI is InChI=1S/C14H26F3NO3S/c1-6-8-9-10(12(19)21-7-2)11(14(15,16)17)18-22(20)13(3,4)5/h10-11,18H,6-9H2,1-5H3/t10-,11-,22-/m1/s1. The van der Waals surface area contributed by atoms with Crippen LogP contribution in [0.15, 0.2) is 0 Å². The Morgan fingerprint density at radius 2 is 1.77 bits per heavy atom. The SMILES string of the molecule is CCCC[C@@H](C(=O)OCC)[C@@H](N[S@](=O)C(C)(C)C)C(F)(F)F. The molecule has 0 saturated carbocycles. The molecule has 1 N–H and O–H groups in total. The van der Waals surface area contributed by atoms with Crippen molar-refractivity contribution in [2.75, 3.05) is 6.61 Å². The van der Waals surface area contributed by atoms with Crippen LogP contribution in [0.25, 0.3) is 0 Å². The van der Waals surface area contributed by atoms with Gasteiger partial charge in [0.2, 0.25) is 0 Å². The van der Waals surface area contributed by atoms with Gasteiger partial charge in [-0.1, -0.05) is 19.8 Å². The van der Waals surface area contributed by atoms with E-state index in [1.165, 1.54) is 6.92 Å². The Kier molecular flexibility index (Phi) is 8.61. The number of halogens is 3. The van der Waals surface area contributed by atoms with Crippen LogP contribution in [0.3, 0.4) is 0 Å². The molecule has 132 valence electrons. The summed E-state index contributed by atoms with van der Waals surface area (Å²) in [5, 5.41) is 0. The average molecular weight is 345 g/mol. The molecule has 0 unspecified atom stereocenters. The van der Waals surface area contributed by atoms with Gasteiger partial charge in [0.05, 0.1) is 28.3 Å². The Labute approximate surface area is 132 Å². The van der Waals surface area contributed by atoms with Crippen LogP contribution in [0.4, 0.5) is 13.2 Å². The van der Waals surface area contributed by atoms with Crippen molar-refractivity contribution >= 4 is 17.0 Å². The van der Waals surface area contributed by atoms with Gasteiger partial charge >= 0.3 is 12.1 Å². The van der Waals surface area contributed by atoms with Crippen molar-refractivity contribution in [2.24, 2.45) is 5.92 Å². The van der Waals surface area contributed by atoms with Crippen LogP contribution in [-0.4, -0.2) is 33.8 Å². The number of ether oxygens (including phenoxy) is 1. The first-order valence-corrected chi connectivity index (χ1v) is 8.51. The Balaban J connectivity index is 5.39. The predicted molar refractivity (Wildman–Crippen MR) is 80.5 cm³/mol. The number of esters is 1. The number of unbranched alkanes of at least 4 members (excludes halogenated alkanes) is 1. The maximum Gasteiger partial charge on any atom is 0.405 e. The Hall–Kier alpha value is -0.630. The molecule has 0 aromatic rings. The fraction of sp³-hybridized carbons (Fsp3) is 0.929. The van der Waals surface area contributed by atoms with Crippen LogP contribution in [0.2, 0.25) is 0 Å². The Morgan fingerprint density at radius 3 is 2.14 bits per heavy atom. The van der Waals surface area contributed by atoms with Crippen LogP contribution >= 0.6 is 0 Å². The molecule has 8 heteroatoms. The summed E-state index contributed by atoms with van der Waals surface area (Å²) in [6.07, 6.45) is -3.54. The predicted octanol–water partition coefficient (Wildman–Crippen LogP) is 3.34. The fourth-order valence-electron chi connectivity index (χ4n) is 1.76. The van der Waals surface area contributed by atoms with E-state index in [1.807, 2.05) is 6.92 Å². The largest absolute Gasteiger partial charge is 0.466 e. The Morgan fingerprint density at radius 1 is 1.23 bits per heavy atom. The summed E-state index contributed by atoms with van der Waals surface area (Å²) in [4.78, 5) is 11.9. The topological polar surface area (TPSA) is 55.4 Å². The van der Waals surface area contributed by atoms with E-state index in [-0.39, 0.29) is 13.0 Å². The third kappa shape index (κ3) is 7.09. The minimum Gasteiger partial charge on any atom is -0.466 e.